The Morgan fingerprint density at radius 2 is 2.17 bits per heavy atom. The number of nitrogens with zero attached hydrogens (tertiary/aromatic N) is 1. The summed E-state index contributed by atoms with van der Waals surface area (Å²) >= 11 is 2.24. The van der Waals surface area contributed by atoms with E-state index in [1.807, 2.05) is 18.2 Å². The molecule has 1 fully saturated rings. The van der Waals surface area contributed by atoms with E-state index in [2.05, 4.69) is 34.4 Å². The van der Waals surface area contributed by atoms with Gasteiger partial charge in [0.1, 0.15) is 0 Å². The van der Waals surface area contributed by atoms with E-state index in [9.17, 15) is 4.79 Å². The number of halogens is 1. The Bertz CT molecular complexity index is 464. The minimum Gasteiger partial charge on any atom is -0.397 e. The van der Waals surface area contributed by atoms with E-state index in [-0.39, 0.29) is 11.8 Å². The monoisotopic (exact) mass is 359 g/mol. The Morgan fingerprint density at radius 3 is 2.78 bits per heavy atom. The van der Waals surface area contributed by atoms with E-state index in [0.717, 1.165) is 27.8 Å². The summed E-state index contributed by atoms with van der Waals surface area (Å²) in [6.45, 7) is 2.83. The smallest absolute Gasteiger partial charge is 0.222 e. The minimum absolute atomic E-state index is 0.0696. The summed E-state index contributed by atoms with van der Waals surface area (Å²) in [5.74, 6) is -0.282. The van der Waals surface area contributed by atoms with Crippen LogP contribution in [0.2, 0.25) is 0 Å². The molecule has 0 bridgehead atoms. The fourth-order valence-electron chi connectivity index (χ4n) is 2.46. The lowest BCUT2D eigenvalue weighted by atomic mass is 9.92. The third-order valence-electron chi connectivity index (χ3n) is 3.58. The van der Waals surface area contributed by atoms with E-state index in [0.29, 0.717) is 12.6 Å². The lowest BCUT2D eigenvalue weighted by molar-refractivity contribution is -0.122. The van der Waals surface area contributed by atoms with Gasteiger partial charge in [-0.25, -0.2) is 0 Å². The quantitative estimate of drug-likeness (QED) is 0.626. The average molecular weight is 359 g/mol. The minimum atomic E-state index is -0.212. The number of hydrogen-bond donors (Lipinski definition) is 2. The number of benzene rings is 1. The maximum absolute atomic E-state index is 11.3. The molecule has 1 amide bonds. The lowest BCUT2D eigenvalue weighted by Gasteiger charge is -2.39. The first kappa shape index (κ1) is 13.5. The molecule has 4 N–H and O–H groups in total. The van der Waals surface area contributed by atoms with Gasteiger partial charge in [0.15, 0.2) is 0 Å². The summed E-state index contributed by atoms with van der Waals surface area (Å²) in [6.07, 6.45) is 1.84. The van der Waals surface area contributed by atoms with Gasteiger partial charge in [-0.2, -0.15) is 0 Å². The molecule has 5 heteroatoms. The molecule has 2 atom stereocenters. The van der Waals surface area contributed by atoms with Crippen LogP contribution in [0.4, 0.5) is 11.4 Å². The molecule has 1 saturated heterocycles. The largest absolute Gasteiger partial charge is 0.397 e. The van der Waals surface area contributed by atoms with Crippen LogP contribution in [0, 0.1) is 9.49 Å². The summed E-state index contributed by atoms with van der Waals surface area (Å²) in [4.78, 5) is 13.5. The number of amides is 1. The van der Waals surface area contributed by atoms with E-state index >= 15 is 0 Å². The Morgan fingerprint density at radius 1 is 1.44 bits per heavy atom. The molecule has 98 valence electrons. The number of rotatable bonds is 2. The van der Waals surface area contributed by atoms with Crippen LogP contribution < -0.4 is 16.4 Å². The third-order valence-corrected chi connectivity index (χ3v) is 4.25. The van der Waals surface area contributed by atoms with Crippen molar-refractivity contribution in [3.05, 3.63) is 21.8 Å². The summed E-state index contributed by atoms with van der Waals surface area (Å²) in [7, 11) is 0. The second-order valence-electron chi connectivity index (χ2n) is 4.88. The zero-order valence-corrected chi connectivity index (χ0v) is 12.6. The van der Waals surface area contributed by atoms with Gasteiger partial charge in [0.05, 0.1) is 17.3 Å². The molecule has 4 nitrogen and oxygen atoms in total. The fourth-order valence-corrected chi connectivity index (χ4v) is 2.98. The van der Waals surface area contributed by atoms with E-state index < -0.39 is 0 Å². The van der Waals surface area contributed by atoms with Crippen LogP contribution in [0.25, 0.3) is 0 Å². The first-order chi connectivity index (χ1) is 8.49. The molecule has 2 rings (SSSR count). The molecular formula is C13H18IN3O. The van der Waals surface area contributed by atoms with Crippen LogP contribution in [0.15, 0.2) is 18.2 Å². The Hall–Kier alpha value is -0.980. The molecular weight excluding hydrogens is 341 g/mol. The molecule has 1 aromatic rings. The van der Waals surface area contributed by atoms with Crippen molar-refractivity contribution in [2.45, 2.75) is 25.8 Å². The van der Waals surface area contributed by atoms with Gasteiger partial charge in [0.2, 0.25) is 5.91 Å². The number of carbonyl (C=O) groups is 1. The maximum Gasteiger partial charge on any atom is 0.222 e. The molecule has 0 aromatic heterocycles. The Balaban J connectivity index is 2.26. The van der Waals surface area contributed by atoms with Crippen LogP contribution >= 0.6 is 22.6 Å². The topological polar surface area (TPSA) is 72.4 Å². The Labute approximate surface area is 121 Å². The highest BCUT2D eigenvalue weighted by Crippen LogP contribution is 2.32. The first-order valence-electron chi connectivity index (χ1n) is 6.10. The predicted octanol–water partition coefficient (Wildman–Crippen LogP) is 1.96. The molecule has 1 heterocycles. The third kappa shape index (κ3) is 2.71. The molecule has 1 aliphatic heterocycles. The molecule has 0 saturated carbocycles. The highest BCUT2D eigenvalue weighted by molar-refractivity contribution is 14.1. The van der Waals surface area contributed by atoms with Gasteiger partial charge in [-0.1, -0.05) is 0 Å². The average Bonchev–Trinajstić information content (AvgIpc) is 2.30. The van der Waals surface area contributed by atoms with Gasteiger partial charge in [0, 0.05) is 16.2 Å². The zero-order chi connectivity index (χ0) is 13.3. The molecule has 18 heavy (non-hydrogen) atoms. The second kappa shape index (κ2) is 5.34. The van der Waals surface area contributed by atoms with E-state index in [4.69, 9.17) is 11.5 Å². The number of carbonyl (C=O) groups excluding carboxylic acids is 1. The van der Waals surface area contributed by atoms with Crippen molar-refractivity contribution in [1.29, 1.82) is 0 Å². The van der Waals surface area contributed by atoms with Gasteiger partial charge in [-0.15, -0.1) is 0 Å². The van der Waals surface area contributed by atoms with Crippen LogP contribution in [0.5, 0.6) is 0 Å². The second-order valence-corrected chi connectivity index (χ2v) is 6.13. The van der Waals surface area contributed by atoms with Gasteiger partial charge in [-0.3, -0.25) is 4.79 Å². The molecule has 1 aromatic carbocycles. The zero-order valence-electron chi connectivity index (χ0n) is 10.4. The predicted molar refractivity (Wildman–Crippen MR) is 82.3 cm³/mol. The highest BCUT2D eigenvalue weighted by atomic mass is 127. The van der Waals surface area contributed by atoms with Gasteiger partial charge in [0.25, 0.3) is 0 Å². The number of hydrogen-bond acceptors (Lipinski definition) is 3. The standard InChI is InChI=1S/C13H18IN3O/c1-8-2-3-9(13(16)18)7-17(8)12-5-4-10(14)6-11(12)15/h4-6,8-9H,2-3,7,15H2,1H3,(H2,16,18). The first-order valence-corrected chi connectivity index (χ1v) is 7.18. The van der Waals surface area contributed by atoms with Crippen molar-refractivity contribution in [1.82, 2.24) is 0 Å². The summed E-state index contributed by atoms with van der Waals surface area (Å²) in [6, 6.07) is 6.41. The van der Waals surface area contributed by atoms with Crippen molar-refractivity contribution >= 4 is 39.9 Å². The van der Waals surface area contributed by atoms with Crippen LogP contribution in [0.1, 0.15) is 19.8 Å². The van der Waals surface area contributed by atoms with Crippen LogP contribution in [0.3, 0.4) is 0 Å². The SMILES string of the molecule is CC1CCC(C(N)=O)CN1c1ccc(I)cc1N. The van der Waals surface area contributed by atoms with Crippen molar-refractivity contribution < 1.29 is 4.79 Å². The van der Waals surface area contributed by atoms with Crippen molar-refractivity contribution in [3.8, 4) is 0 Å². The summed E-state index contributed by atoms with van der Waals surface area (Å²) in [5.41, 5.74) is 13.3. The normalized spacial score (nSPS) is 24.0. The number of anilines is 2. The van der Waals surface area contributed by atoms with Crippen molar-refractivity contribution in [2.75, 3.05) is 17.2 Å². The van der Waals surface area contributed by atoms with Crippen molar-refractivity contribution in [3.63, 3.8) is 0 Å². The fraction of sp³-hybridized carbons (Fsp3) is 0.462. The summed E-state index contributed by atoms with van der Waals surface area (Å²) < 4.78 is 1.12. The number of nitrogen functional groups attached to an aromatic ring is 1. The van der Waals surface area contributed by atoms with Crippen LogP contribution in [-0.4, -0.2) is 18.5 Å². The number of nitrogens with two attached hydrogens (primary N) is 2. The molecule has 0 spiro atoms. The lowest BCUT2D eigenvalue weighted by Crippen LogP contribution is -2.46. The summed E-state index contributed by atoms with van der Waals surface area (Å²) in [5, 5.41) is 0. The molecule has 1 aliphatic rings. The molecule has 0 radical (unpaired) electrons. The van der Waals surface area contributed by atoms with Gasteiger partial charge < -0.3 is 16.4 Å². The highest BCUT2D eigenvalue weighted by Gasteiger charge is 2.29. The van der Waals surface area contributed by atoms with Gasteiger partial charge in [-0.05, 0) is 60.6 Å². The van der Waals surface area contributed by atoms with Crippen molar-refractivity contribution in [2.24, 2.45) is 11.7 Å². The number of primary amides is 1. The van der Waals surface area contributed by atoms with E-state index in [1.165, 1.54) is 0 Å². The van der Waals surface area contributed by atoms with Gasteiger partial charge >= 0.3 is 0 Å². The molecule has 0 aliphatic carbocycles. The van der Waals surface area contributed by atoms with E-state index in [1.54, 1.807) is 0 Å². The molecule has 2 unspecified atom stereocenters. The van der Waals surface area contributed by atoms with Crippen LogP contribution in [-0.2, 0) is 4.79 Å². The number of piperidine rings is 1. The Kier molecular flexibility index (Phi) is 3.99. The maximum atomic E-state index is 11.3.